The molecule has 0 bridgehead atoms. The highest BCUT2D eigenvalue weighted by Gasteiger charge is 2.16. The summed E-state index contributed by atoms with van der Waals surface area (Å²) in [5.41, 5.74) is 0.842. The maximum Gasteiger partial charge on any atom is 0.241 e. The van der Waals surface area contributed by atoms with Crippen molar-refractivity contribution in [3.63, 3.8) is 0 Å². The third-order valence-corrected chi connectivity index (χ3v) is 5.02. The molecule has 0 saturated carbocycles. The van der Waals surface area contributed by atoms with Gasteiger partial charge in [-0.15, -0.1) is 0 Å². The van der Waals surface area contributed by atoms with Crippen molar-refractivity contribution in [2.24, 2.45) is 0 Å². The van der Waals surface area contributed by atoms with E-state index in [1.807, 2.05) is 6.07 Å². The number of pyridine rings is 1. The molecule has 4 nitrogen and oxygen atoms in total. The number of nitrogens with one attached hydrogen (secondary N) is 1. The predicted molar refractivity (Wildman–Crippen MR) is 87.2 cm³/mol. The van der Waals surface area contributed by atoms with Crippen LogP contribution in [0.5, 0.6) is 0 Å². The summed E-state index contributed by atoms with van der Waals surface area (Å²) >= 11 is 5.82. The lowest BCUT2D eigenvalue weighted by molar-refractivity contribution is 0.582. The minimum absolute atomic E-state index is 0.209. The van der Waals surface area contributed by atoms with E-state index >= 15 is 0 Å². The Bertz CT molecular complexity index is 904. The van der Waals surface area contributed by atoms with Gasteiger partial charge in [-0.1, -0.05) is 35.9 Å². The van der Waals surface area contributed by atoms with Crippen LogP contribution in [-0.2, 0) is 16.6 Å². The highest BCUT2D eigenvalue weighted by molar-refractivity contribution is 7.89. The first kappa shape index (κ1) is 15.0. The van der Waals surface area contributed by atoms with Gasteiger partial charge in [0.25, 0.3) is 0 Å². The maximum absolute atomic E-state index is 12.5. The van der Waals surface area contributed by atoms with Crippen molar-refractivity contribution in [2.45, 2.75) is 11.4 Å². The van der Waals surface area contributed by atoms with Crippen LogP contribution in [0, 0.1) is 0 Å². The van der Waals surface area contributed by atoms with Gasteiger partial charge in [0.05, 0.1) is 4.90 Å². The second-order valence-corrected chi connectivity index (χ2v) is 6.98. The van der Waals surface area contributed by atoms with Crippen LogP contribution >= 0.6 is 11.6 Å². The molecule has 0 radical (unpaired) electrons. The second kappa shape index (κ2) is 6.04. The van der Waals surface area contributed by atoms with Gasteiger partial charge in [-0.05, 0) is 29.8 Å². The Morgan fingerprint density at radius 2 is 1.82 bits per heavy atom. The molecule has 0 atom stereocenters. The van der Waals surface area contributed by atoms with Crippen LogP contribution < -0.4 is 4.72 Å². The third kappa shape index (κ3) is 3.11. The molecule has 22 heavy (non-hydrogen) atoms. The average Bonchev–Trinajstić information content (AvgIpc) is 2.54. The molecule has 0 aliphatic rings. The summed E-state index contributed by atoms with van der Waals surface area (Å²) in [6, 6.07) is 13.9. The average molecular weight is 333 g/mol. The Labute approximate surface area is 133 Å². The molecule has 3 aromatic rings. The monoisotopic (exact) mass is 332 g/mol. The van der Waals surface area contributed by atoms with E-state index in [1.54, 1.807) is 54.9 Å². The number of halogens is 1. The van der Waals surface area contributed by atoms with Gasteiger partial charge in [0.1, 0.15) is 0 Å². The predicted octanol–water partition coefficient (Wildman–Crippen LogP) is 3.37. The molecule has 0 spiro atoms. The highest BCUT2D eigenvalue weighted by Crippen LogP contribution is 2.22. The van der Waals surface area contributed by atoms with Gasteiger partial charge in [0.2, 0.25) is 10.0 Å². The zero-order valence-electron chi connectivity index (χ0n) is 11.5. The van der Waals surface area contributed by atoms with E-state index in [1.165, 1.54) is 0 Å². The summed E-state index contributed by atoms with van der Waals surface area (Å²) in [5.74, 6) is 0. The molecular formula is C16H13ClN2O2S. The standard InChI is InChI=1S/C16H13ClN2O2S/c17-14-6-4-12(5-7-14)10-19-22(20,21)16-3-1-2-13-11-18-9-8-15(13)16/h1-9,11,19H,10H2. The van der Waals surface area contributed by atoms with Crippen molar-refractivity contribution in [3.8, 4) is 0 Å². The number of aromatic nitrogens is 1. The normalized spacial score (nSPS) is 11.7. The van der Waals surface area contributed by atoms with Gasteiger partial charge >= 0.3 is 0 Å². The summed E-state index contributed by atoms with van der Waals surface area (Å²) in [4.78, 5) is 4.26. The smallest absolute Gasteiger partial charge is 0.241 e. The molecule has 112 valence electrons. The molecule has 1 N–H and O–H groups in total. The Balaban J connectivity index is 1.90. The third-order valence-electron chi connectivity index (χ3n) is 3.31. The van der Waals surface area contributed by atoms with E-state index < -0.39 is 10.0 Å². The van der Waals surface area contributed by atoms with E-state index in [9.17, 15) is 8.42 Å². The minimum atomic E-state index is -3.61. The topological polar surface area (TPSA) is 59.1 Å². The van der Waals surface area contributed by atoms with Crippen LogP contribution in [0.4, 0.5) is 0 Å². The summed E-state index contributed by atoms with van der Waals surface area (Å²) in [6.07, 6.45) is 3.23. The quantitative estimate of drug-likeness (QED) is 0.797. The van der Waals surface area contributed by atoms with Gasteiger partial charge in [0.15, 0.2) is 0 Å². The van der Waals surface area contributed by atoms with Gasteiger partial charge in [-0.2, -0.15) is 0 Å². The molecule has 0 unspecified atom stereocenters. The van der Waals surface area contributed by atoms with Crippen molar-refractivity contribution >= 4 is 32.4 Å². The van der Waals surface area contributed by atoms with Gasteiger partial charge < -0.3 is 0 Å². The zero-order chi connectivity index (χ0) is 15.6. The Hall–Kier alpha value is -1.95. The molecule has 6 heteroatoms. The Morgan fingerprint density at radius 1 is 1.05 bits per heavy atom. The molecule has 2 aromatic carbocycles. The summed E-state index contributed by atoms with van der Waals surface area (Å²) in [5, 5.41) is 2.06. The van der Waals surface area contributed by atoms with E-state index in [0.29, 0.717) is 10.4 Å². The van der Waals surface area contributed by atoms with Crippen molar-refractivity contribution < 1.29 is 8.42 Å². The number of sulfonamides is 1. The largest absolute Gasteiger partial charge is 0.264 e. The SMILES string of the molecule is O=S(=O)(NCc1ccc(Cl)cc1)c1cccc2cnccc12. The van der Waals surface area contributed by atoms with E-state index in [4.69, 9.17) is 11.6 Å². The number of fused-ring (bicyclic) bond motifs is 1. The molecule has 0 fully saturated rings. The van der Waals surface area contributed by atoms with Crippen molar-refractivity contribution in [2.75, 3.05) is 0 Å². The van der Waals surface area contributed by atoms with E-state index in [0.717, 1.165) is 10.9 Å². The first-order valence-corrected chi connectivity index (χ1v) is 8.49. The Kier molecular flexibility index (Phi) is 4.11. The fourth-order valence-corrected chi connectivity index (χ4v) is 3.56. The number of rotatable bonds is 4. The fourth-order valence-electron chi connectivity index (χ4n) is 2.19. The van der Waals surface area contributed by atoms with Crippen molar-refractivity contribution in [3.05, 3.63) is 71.5 Å². The molecule has 3 rings (SSSR count). The lowest BCUT2D eigenvalue weighted by atomic mass is 10.2. The first-order valence-electron chi connectivity index (χ1n) is 6.63. The molecule has 1 aromatic heterocycles. The first-order chi connectivity index (χ1) is 10.6. The minimum Gasteiger partial charge on any atom is -0.264 e. The number of hydrogen-bond acceptors (Lipinski definition) is 3. The molecule has 0 aliphatic carbocycles. The molecule has 0 saturated heterocycles. The molecule has 0 amide bonds. The van der Waals surface area contributed by atoms with Crippen LogP contribution in [0.2, 0.25) is 5.02 Å². The Morgan fingerprint density at radius 3 is 2.59 bits per heavy atom. The van der Waals surface area contributed by atoms with Crippen LogP contribution in [0.1, 0.15) is 5.56 Å². The number of hydrogen-bond donors (Lipinski definition) is 1. The van der Waals surface area contributed by atoms with Crippen molar-refractivity contribution in [1.29, 1.82) is 0 Å². The second-order valence-electron chi connectivity index (χ2n) is 4.80. The van der Waals surface area contributed by atoms with Gasteiger partial charge in [-0.3, -0.25) is 4.98 Å². The van der Waals surface area contributed by atoms with Crippen LogP contribution in [0.15, 0.2) is 65.8 Å². The van der Waals surface area contributed by atoms with Crippen LogP contribution in [-0.4, -0.2) is 13.4 Å². The van der Waals surface area contributed by atoms with Crippen LogP contribution in [0.25, 0.3) is 10.8 Å². The van der Waals surface area contributed by atoms with E-state index in [-0.39, 0.29) is 11.4 Å². The summed E-state index contributed by atoms with van der Waals surface area (Å²) in [7, 11) is -3.61. The summed E-state index contributed by atoms with van der Waals surface area (Å²) in [6.45, 7) is 0.209. The van der Waals surface area contributed by atoms with Gasteiger partial charge in [-0.25, -0.2) is 13.1 Å². The van der Waals surface area contributed by atoms with Crippen molar-refractivity contribution in [1.82, 2.24) is 9.71 Å². The molecular weight excluding hydrogens is 320 g/mol. The highest BCUT2D eigenvalue weighted by atomic mass is 35.5. The summed E-state index contributed by atoms with van der Waals surface area (Å²) < 4.78 is 27.7. The maximum atomic E-state index is 12.5. The number of benzene rings is 2. The van der Waals surface area contributed by atoms with E-state index in [2.05, 4.69) is 9.71 Å². The fraction of sp³-hybridized carbons (Fsp3) is 0.0625. The molecule has 0 aliphatic heterocycles. The van der Waals surface area contributed by atoms with Gasteiger partial charge in [0, 0.05) is 34.7 Å². The number of nitrogens with zero attached hydrogens (tertiary/aromatic N) is 1. The lowest BCUT2D eigenvalue weighted by Crippen LogP contribution is -2.23. The zero-order valence-corrected chi connectivity index (χ0v) is 13.1. The lowest BCUT2D eigenvalue weighted by Gasteiger charge is -2.09. The molecule has 1 heterocycles. The van der Waals surface area contributed by atoms with Crippen LogP contribution in [0.3, 0.4) is 0 Å².